The molecule has 0 fully saturated rings. The summed E-state index contributed by atoms with van der Waals surface area (Å²) >= 11 is 0. The molecule has 1 amide bonds. The van der Waals surface area contributed by atoms with Gasteiger partial charge in [-0.2, -0.15) is 0 Å². The van der Waals surface area contributed by atoms with Crippen molar-refractivity contribution in [3.63, 3.8) is 0 Å². The van der Waals surface area contributed by atoms with Gasteiger partial charge >= 0.3 is 0 Å². The monoisotopic (exact) mass is 357 g/mol. The minimum Gasteiger partial charge on any atom is -0.507 e. The maximum Gasteiger partial charge on any atom is 0.252 e. The Balaban J connectivity index is 0.00000182. The van der Waals surface area contributed by atoms with Crippen LogP contribution in [-0.4, -0.2) is 35.0 Å². The lowest BCUT2D eigenvalue weighted by molar-refractivity contribution is 0.0966. The van der Waals surface area contributed by atoms with Crippen molar-refractivity contribution in [2.24, 2.45) is 0 Å². The number of H-pyrrole nitrogens is 1. The fraction of sp³-hybridized carbons (Fsp3) is 0.211. The van der Waals surface area contributed by atoms with E-state index in [9.17, 15) is 9.90 Å². The van der Waals surface area contributed by atoms with Crippen LogP contribution in [0.2, 0.25) is 0 Å². The number of hydrogen-bond donors (Lipinski definition) is 3. The lowest BCUT2D eigenvalue weighted by atomic mass is 9.97. The van der Waals surface area contributed by atoms with Crippen LogP contribution in [0.4, 0.5) is 0 Å². The van der Waals surface area contributed by atoms with Gasteiger partial charge in [-0.05, 0) is 49.5 Å². The first-order valence-electron chi connectivity index (χ1n) is 7.93. The van der Waals surface area contributed by atoms with Crippen molar-refractivity contribution in [2.45, 2.75) is 13.1 Å². The van der Waals surface area contributed by atoms with Crippen LogP contribution in [0.15, 0.2) is 36.4 Å². The lowest BCUT2D eigenvalue weighted by Gasteiger charge is -2.13. The Morgan fingerprint density at radius 2 is 2.00 bits per heavy atom. The molecule has 1 aromatic heterocycles. The van der Waals surface area contributed by atoms with E-state index in [2.05, 4.69) is 27.3 Å². The van der Waals surface area contributed by atoms with E-state index in [-0.39, 0.29) is 24.1 Å². The van der Waals surface area contributed by atoms with E-state index in [0.717, 1.165) is 45.4 Å². The normalized spacial score (nSPS) is 13.0. The van der Waals surface area contributed by atoms with Gasteiger partial charge in [-0.1, -0.05) is 12.1 Å². The molecule has 0 unspecified atom stereocenters. The summed E-state index contributed by atoms with van der Waals surface area (Å²) < 4.78 is 0. The zero-order chi connectivity index (χ0) is 16.8. The van der Waals surface area contributed by atoms with E-state index in [4.69, 9.17) is 0 Å². The summed E-state index contributed by atoms with van der Waals surface area (Å²) in [6.07, 6.45) is 0. The van der Waals surface area contributed by atoms with Gasteiger partial charge in [0.2, 0.25) is 0 Å². The van der Waals surface area contributed by atoms with E-state index in [1.165, 1.54) is 0 Å². The molecule has 0 bridgehead atoms. The number of phenols is 1. The Hall–Kier alpha value is -2.50. The number of phenolic OH excluding ortho intramolecular Hbond substituents is 1. The quantitative estimate of drug-likeness (QED) is 0.674. The minimum absolute atomic E-state index is 0. The van der Waals surface area contributed by atoms with Crippen molar-refractivity contribution >= 4 is 29.2 Å². The molecule has 0 aliphatic carbocycles. The molecule has 5 nitrogen and oxygen atoms in total. The van der Waals surface area contributed by atoms with E-state index in [0.29, 0.717) is 6.54 Å². The highest BCUT2D eigenvalue weighted by Crippen LogP contribution is 2.34. The van der Waals surface area contributed by atoms with Crippen molar-refractivity contribution in [3.05, 3.63) is 53.1 Å². The van der Waals surface area contributed by atoms with Crippen molar-refractivity contribution < 1.29 is 9.90 Å². The molecule has 6 heteroatoms. The number of aromatic hydroxyl groups is 1. The number of carbonyl (C=O) groups excluding carboxylic acids is 1. The van der Waals surface area contributed by atoms with Crippen LogP contribution in [0, 0.1) is 0 Å². The van der Waals surface area contributed by atoms with Crippen LogP contribution in [0.5, 0.6) is 5.75 Å². The molecule has 1 aliphatic rings. The van der Waals surface area contributed by atoms with Crippen LogP contribution in [0.3, 0.4) is 0 Å². The maximum atomic E-state index is 12.3. The molecule has 0 atom stereocenters. The SMILES string of the molecule is CN(C)Cc1cc2c(c(-c3cc4c(O)cccc4[nH]3)c1)C(=O)NC2.Cl. The average Bonchev–Trinajstić information content (AvgIpc) is 3.11. The number of fused-ring (bicyclic) bond motifs is 2. The average molecular weight is 358 g/mol. The largest absolute Gasteiger partial charge is 0.507 e. The first-order chi connectivity index (χ1) is 11.5. The van der Waals surface area contributed by atoms with Crippen LogP contribution >= 0.6 is 12.4 Å². The van der Waals surface area contributed by atoms with Gasteiger partial charge in [0.05, 0.1) is 5.56 Å². The molecule has 0 saturated carbocycles. The Morgan fingerprint density at radius 1 is 1.20 bits per heavy atom. The van der Waals surface area contributed by atoms with Gasteiger partial charge in [-0.25, -0.2) is 0 Å². The van der Waals surface area contributed by atoms with Gasteiger partial charge in [0.1, 0.15) is 5.75 Å². The number of nitrogens with zero attached hydrogens (tertiary/aromatic N) is 1. The molecule has 130 valence electrons. The summed E-state index contributed by atoms with van der Waals surface area (Å²) in [5.41, 5.74) is 5.50. The second-order valence-corrected chi connectivity index (χ2v) is 6.52. The third kappa shape index (κ3) is 2.97. The number of halogens is 1. The second kappa shape index (κ2) is 6.43. The van der Waals surface area contributed by atoms with E-state index < -0.39 is 0 Å². The van der Waals surface area contributed by atoms with Crippen LogP contribution in [0.1, 0.15) is 21.5 Å². The van der Waals surface area contributed by atoms with Gasteiger partial charge in [0, 0.05) is 35.2 Å². The number of nitrogens with one attached hydrogen (secondary N) is 2. The first kappa shape index (κ1) is 17.3. The number of rotatable bonds is 3. The molecule has 3 aromatic rings. The Morgan fingerprint density at radius 3 is 2.72 bits per heavy atom. The third-order valence-electron chi connectivity index (χ3n) is 4.38. The number of hydrogen-bond acceptors (Lipinski definition) is 3. The van der Waals surface area contributed by atoms with Gasteiger partial charge in [-0.15, -0.1) is 12.4 Å². The smallest absolute Gasteiger partial charge is 0.252 e. The lowest BCUT2D eigenvalue weighted by Crippen LogP contribution is -2.13. The molecule has 2 aromatic carbocycles. The molecule has 2 heterocycles. The molecular formula is C19H20ClN3O2. The zero-order valence-electron chi connectivity index (χ0n) is 14.1. The van der Waals surface area contributed by atoms with Crippen molar-refractivity contribution in [3.8, 4) is 17.0 Å². The molecular weight excluding hydrogens is 338 g/mol. The van der Waals surface area contributed by atoms with Crippen LogP contribution in [0.25, 0.3) is 22.2 Å². The molecule has 1 aliphatic heterocycles. The van der Waals surface area contributed by atoms with Gasteiger partial charge in [0.15, 0.2) is 0 Å². The first-order valence-corrected chi connectivity index (χ1v) is 7.93. The Labute approximate surface area is 152 Å². The molecule has 3 N–H and O–H groups in total. The zero-order valence-corrected chi connectivity index (χ0v) is 14.9. The molecule has 0 saturated heterocycles. The van der Waals surface area contributed by atoms with Gasteiger partial charge in [-0.3, -0.25) is 4.79 Å². The fourth-order valence-corrected chi connectivity index (χ4v) is 3.39. The predicted octanol–water partition coefficient (Wildman–Crippen LogP) is 3.27. The van der Waals surface area contributed by atoms with Crippen LogP contribution < -0.4 is 5.32 Å². The van der Waals surface area contributed by atoms with Gasteiger partial charge in [0.25, 0.3) is 5.91 Å². The number of aromatic amines is 1. The Kier molecular flexibility index (Phi) is 4.45. The predicted molar refractivity (Wildman–Crippen MR) is 101 cm³/mol. The number of amides is 1. The third-order valence-corrected chi connectivity index (χ3v) is 4.38. The van der Waals surface area contributed by atoms with Crippen molar-refractivity contribution in [1.82, 2.24) is 15.2 Å². The van der Waals surface area contributed by atoms with E-state index in [1.807, 2.05) is 26.2 Å². The van der Waals surface area contributed by atoms with Crippen LogP contribution in [-0.2, 0) is 13.1 Å². The summed E-state index contributed by atoms with van der Waals surface area (Å²) in [6, 6.07) is 11.5. The minimum atomic E-state index is -0.0423. The highest BCUT2D eigenvalue weighted by atomic mass is 35.5. The fourth-order valence-electron chi connectivity index (χ4n) is 3.39. The topological polar surface area (TPSA) is 68.4 Å². The summed E-state index contributed by atoms with van der Waals surface area (Å²) in [6.45, 7) is 1.37. The maximum absolute atomic E-state index is 12.3. The molecule has 0 spiro atoms. The molecule has 4 rings (SSSR count). The van der Waals surface area contributed by atoms with E-state index in [1.54, 1.807) is 12.1 Å². The summed E-state index contributed by atoms with van der Waals surface area (Å²) in [4.78, 5) is 17.7. The highest BCUT2D eigenvalue weighted by Gasteiger charge is 2.25. The van der Waals surface area contributed by atoms with Crippen molar-refractivity contribution in [2.75, 3.05) is 14.1 Å². The number of aromatic nitrogens is 1. The number of benzene rings is 2. The summed E-state index contributed by atoms with van der Waals surface area (Å²) in [5.74, 6) is 0.194. The van der Waals surface area contributed by atoms with E-state index >= 15 is 0 Å². The summed E-state index contributed by atoms with van der Waals surface area (Å²) in [7, 11) is 4.05. The summed E-state index contributed by atoms with van der Waals surface area (Å²) in [5, 5.41) is 13.7. The Bertz CT molecular complexity index is 963. The van der Waals surface area contributed by atoms with Gasteiger partial charge < -0.3 is 20.3 Å². The second-order valence-electron chi connectivity index (χ2n) is 6.52. The van der Waals surface area contributed by atoms with Crippen molar-refractivity contribution in [1.29, 1.82) is 0 Å². The standard InChI is InChI=1S/C19H19N3O2.ClH/c1-22(2)10-11-6-12-9-20-19(24)18(12)14(7-11)16-8-13-15(21-16)4-3-5-17(13)23;/h3-8,21,23H,9-10H2,1-2H3,(H,20,24);1H. The molecule has 25 heavy (non-hydrogen) atoms. The highest BCUT2D eigenvalue weighted by molar-refractivity contribution is 6.05. The number of carbonyl (C=O) groups is 1. The molecule has 0 radical (unpaired) electrons.